The lowest BCUT2D eigenvalue weighted by Gasteiger charge is -2.34. The summed E-state index contributed by atoms with van der Waals surface area (Å²) in [6.45, 7) is 4.81. The third kappa shape index (κ3) is 4.50. The van der Waals surface area contributed by atoms with Crippen molar-refractivity contribution in [2.24, 2.45) is 0 Å². The zero-order chi connectivity index (χ0) is 18.6. The van der Waals surface area contributed by atoms with Gasteiger partial charge in [-0.3, -0.25) is 14.5 Å². The van der Waals surface area contributed by atoms with E-state index in [-0.39, 0.29) is 11.1 Å². The fourth-order valence-electron chi connectivity index (χ4n) is 3.19. The van der Waals surface area contributed by atoms with Gasteiger partial charge in [-0.15, -0.1) is 11.3 Å². The van der Waals surface area contributed by atoms with Crippen LogP contribution in [-0.2, 0) is 11.3 Å². The van der Waals surface area contributed by atoms with E-state index in [1.54, 1.807) is 16.2 Å². The monoisotopic (exact) mass is 407 g/mol. The van der Waals surface area contributed by atoms with Gasteiger partial charge in [0.15, 0.2) is 0 Å². The van der Waals surface area contributed by atoms with Crippen molar-refractivity contribution in [1.29, 1.82) is 0 Å². The molecule has 0 N–H and O–H groups in total. The lowest BCUT2D eigenvalue weighted by Crippen LogP contribution is -2.48. The van der Waals surface area contributed by atoms with Gasteiger partial charge in [-0.05, 0) is 11.4 Å². The number of thioether (sulfide) groups is 1. The predicted octanol–water partition coefficient (Wildman–Crippen LogP) is 2.00. The van der Waals surface area contributed by atoms with Gasteiger partial charge < -0.3 is 14.3 Å². The summed E-state index contributed by atoms with van der Waals surface area (Å²) in [5.74, 6) is 2.18. The Kier molecular flexibility index (Phi) is 5.74. The number of thiophene rings is 1. The molecule has 8 nitrogen and oxygen atoms in total. The average Bonchev–Trinajstić information content (AvgIpc) is 3.42. The predicted molar refractivity (Wildman–Crippen MR) is 104 cm³/mol. The SMILES string of the molecule is O=C(CCN1CCSC1=O)N1CCN(Cc2nc(-c3cccs3)no2)CC1. The van der Waals surface area contributed by atoms with E-state index in [9.17, 15) is 9.59 Å². The fourth-order valence-corrected chi connectivity index (χ4v) is 4.69. The summed E-state index contributed by atoms with van der Waals surface area (Å²) >= 11 is 2.91. The minimum atomic E-state index is 0.0918. The molecule has 4 heterocycles. The van der Waals surface area contributed by atoms with Crippen LogP contribution in [0.4, 0.5) is 4.79 Å². The molecule has 0 saturated carbocycles. The molecule has 4 rings (SSSR count). The first-order valence-corrected chi connectivity index (χ1v) is 10.8. The van der Waals surface area contributed by atoms with E-state index < -0.39 is 0 Å². The number of amides is 2. The van der Waals surface area contributed by atoms with Crippen LogP contribution in [0.3, 0.4) is 0 Å². The molecule has 0 aliphatic carbocycles. The summed E-state index contributed by atoms with van der Waals surface area (Å²) in [5, 5.41) is 6.11. The molecule has 2 amide bonds. The quantitative estimate of drug-likeness (QED) is 0.724. The Bertz CT molecular complexity index is 786. The van der Waals surface area contributed by atoms with Gasteiger partial charge >= 0.3 is 0 Å². The molecule has 2 fully saturated rings. The Morgan fingerprint density at radius 3 is 2.78 bits per heavy atom. The zero-order valence-electron chi connectivity index (χ0n) is 14.9. The first kappa shape index (κ1) is 18.5. The molecule has 2 aromatic heterocycles. The van der Waals surface area contributed by atoms with Crippen LogP contribution < -0.4 is 0 Å². The van der Waals surface area contributed by atoms with Crippen molar-refractivity contribution < 1.29 is 14.1 Å². The smallest absolute Gasteiger partial charge is 0.281 e. The van der Waals surface area contributed by atoms with Crippen molar-refractivity contribution in [3.8, 4) is 10.7 Å². The highest BCUT2D eigenvalue weighted by molar-refractivity contribution is 8.13. The van der Waals surface area contributed by atoms with Gasteiger partial charge in [-0.1, -0.05) is 23.0 Å². The summed E-state index contributed by atoms with van der Waals surface area (Å²) in [4.78, 5) is 35.3. The van der Waals surface area contributed by atoms with Crippen LogP contribution in [0.25, 0.3) is 10.7 Å². The van der Waals surface area contributed by atoms with E-state index in [0.717, 1.165) is 30.3 Å². The number of piperazine rings is 1. The normalized spacial score (nSPS) is 18.4. The summed E-state index contributed by atoms with van der Waals surface area (Å²) in [7, 11) is 0. The maximum atomic E-state index is 12.4. The van der Waals surface area contributed by atoms with Gasteiger partial charge in [0.25, 0.3) is 5.24 Å². The molecule has 2 aliphatic heterocycles. The maximum Gasteiger partial charge on any atom is 0.281 e. The standard InChI is InChI=1S/C17H21N5O3S2/c23-15(3-4-22-9-11-27-17(22)24)21-7-5-20(6-8-21)12-14-18-16(19-25-14)13-2-1-10-26-13/h1-2,10H,3-9,11-12H2. The first-order chi connectivity index (χ1) is 13.2. The molecule has 0 aromatic carbocycles. The van der Waals surface area contributed by atoms with E-state index >= 15 is 0 Å². The van der Waals surface area contributed by atoms with Gasteiger partial charge in [0, 0.05) is 51.4 Å². The molecule has 0 bridgehead atoms. The van der Waals surface area contributed by atoms with Crippen LogP contribution in [0.2, 0.25) is 0 Å². The lowest BCUT2D eigenvalue weighted by molar-refractivity contribution is -0.133. The maximum absolute atomic E-state index is 12.4. The van der Waals surface area contributed by atoms with Crippen molar-refractivity contribution in [3.05, 3.63) is 23.4 Å². The number of hydrogen-bond acceptors (Lipinski definition) is 8. The number of carbonyl (C=O) groups excluding carboxylic acids is 2. The van der Waals surface area contributed by atoms with Gasteiger partial charge in [-0.2, -0.15) is 4.98 Å². The van der Waals surface area contributed by atoms with Crippen molar-refractivity contribution in [1.82, 2.24) is 24.8 Å². The van der Waals surface area contributed by atoms with E-state index in [4.69, 9.17) is 4.52 Å². The average molecular weight is 408 g/mol. The molecule has 2 aromatic rings. The largest absolute Gasteiger partial charge is 0.340 e. The number of hydrogen-bond donors (Lipinski definition) is 0. The molecule has 0 radical (unpaired) electrons. The molecule has 2 saturated heterocycles. The summed E-state index contributed by atoms with van der Waals surface area (Å²) < 4.78 is 5.36. The Labute approximate surface area is 165 Å². The summed E-state index contributed by atoms with van der Waals surface area (Å²) in [6, 6.07) is 3.93. The third-order valence-corrected chi connectivity index (χ3v) is 6.49. The van der Waals surface area contributed by atoms with Gasteiger partial charge in [0.2, 0.25) is 17.6 Å². The number of aromatic nitrogens is 2. The Balaban J connectivity index is 1.22. The zero-order valence-corrected chi connectivity index (χ0v) is 16.5. The fraction of sp³-hybridized carbons (Fsp3) is 0.529. The number of nitrogens with zero attached hydrogens (tertiary/aromatic N) is 5. The molecule has 0 spiro atoms. The van der Waals surface area contributed by atoms with Crippen LogP contribution >= 0.6 is 23.1 Å². The molecule has 0 atom stereocenters. The second-order valence-electron chi connectivity index (χ2n) is 6.50. The third-order valence-electron chi connectivity index (χ3n) is 4.73. The Morgan fingerprint density at radius 1 is 1.22 bits per heavy atom. The highest BCUT2D eigenvalue weighted by atomic mass is 32.2. The van der Waals surface area contributed by atoms with Crippen LogP contribution in [0.15, 0.2) is 22.0 Å². The topological polar surface area (TPSA) is 82.8 Å². The lowest BCUT2D eigenvalue weighted by atomic mass is 10.2. The molecule has 144 valence electrons. The highest BCUT2D eigenvalue weighted by Crippen LogP contribution is 2.22. The van der Waals surface area contributed by atoms with E-state index in [0.29, 0.717) is 44.3 Å². The molecule has 0 unspecified atom stereocenters. The van der Waals surface area contributed by atoms with E-state index in [2.05, 4.69) is 15.0 Å². The van der Waals surface area contributed by atoms with Gasteiger partial charge in [0.05, 0.1) is 11.4 Å². The van der Waals surface area contributed by atoms with Crippen molar-refractivity contribution in [3.63, 3.8) is 0 Å². The highest BCUT2D eigenvalue weighted by Gasteiger charge is 2.25. The van der Waals surface area contributed by atoms with Crippen LogP contribution in [0.5, 0.6) is 0 Å². The van der Waals surface area contributed by atoms with Crippen molar-refractivity contribution in [2.75, 3.05) is 45.0 Å². The molecular weight excluding hydrogens is 386 g/mol. The van der Waals surface area contributed by atoms with Gasteiger partial charge in [0.1, 0.15) is 0 Å². The number of rotatable bonds is 6. The van der Waals surface area contributed by atoms with Crippen LogP contribution in [-0.4, -0.2) is 81.0 Å². The van der Waals surface area contributed by atoms with E-state index in [1.165, 1.54) is 11.8 Å². The molecule has 2 aliphatic rings. The van der Waals surface area contributed by atoms with Crippen molar-refractivity contribution in [2.45, 2.75) is 13.0 Å². The molecule has 27 heavy (non-hydrogen) atoms. The van der Waals surface area contributed by atoms with Crippen LogP contribution in [0.1, 0.15) is 12.3 Å². The minimum Gasteiger partial charge on any atom is -0.340 e. The van der Waals surface area contributed by atoms with Crippen LogP contribution in [0, 0.1) is 0 Å². The second kappa shape index (κ2) is 8.41. The van der Waals surface area contributed by atoms with Crippen molar-refractivity contribution >= 4 is 34.2 Å². The summed E-state index contributed by atoms with van der Waals surface area (Å²) in [5.41, 5.74) is 0. The Morgan fingerprint density at radius 2 is 2.07 bits per heavy atom. The van der Waals surface area contributed by atoms with Gasteiger partial charge in [-0.25, -0.2) is 0 Å². The first-order valence-electron chi connectivity index (χ1n) is 8.97. The Hall–Kier alpha value is -1.91. The minimum absolute atomic E-state index is 0.0918. The summed E-state index contributed by atoms with van der Waals surface area (Å²) in [6.07, 6.45) is 0.403. The molecular formula is C17H21N5O3S2. The number of carbonyl (C=O) groups is 2. The van der Waals surface area contributed by atoms with E-state index in [1.807, 2.05) is 22.4 Å². The second-order valence-corrected chi connectivity index (χ2v) is 8.49. The molecule has 10 heteroatoms.